The van der Waals surface area contributed by atoms with E-state index in [0.717, 1.165) is 32.0 Å². The summed E-state index contributed by atoms with van der Waals surface area (Å²) in [5, 5.41) is 11.7. The number of ether oxygens (including phenoxy) is 3. The SMILES string of the molecule is C=C(NC(=NC(=N)N1CCOCC1)N1CCOCC1)N1CCOCC1. The molecule has 0 aromatic rings. The largest absolute Gasteiger partial charge is 0.378 e. The van der Waals surface area contributed by atoms with Crippen molar-refractivity contribution in [1.82, 2.24) is 20.0 Å². The molecule has 9 nitrogen and oxygen atoms in total. The molecule has 9 heteroatoms. The molecule has 0 saturated carbocycles. The first-order valence-corrected chi connectivity index (χ1v) is 8.85. The fourth-order valence-corrected chi connectivity index (χ4v) is 2.94. The Balaban J connectivity index is 1.68. The summed E-state index contributed by atoms with van der Waals surface area (Å²) >= 11 is 0. The van der Waals surface area contributed by atoms with Crippen molar-refractivity contribution in [3.05, 3.63) is 12.4 Å². The molecule has 0 aromatic carbocycles. The van der Waals surface area contributed by atoms with Gasteiger partial charge in [-0.1, -0.05) is 6.58 Å². The van der Waals surface area contributed by atoms with Crippen molar-refractivity contribution < 1.29 is 14.2 Å². The molecule has 0 atom stereocenters. The van der Waals surface area contributed by atoms with E-state index in [-0.39, 0.29) is 5.96 Å². The van der Waals surface area contributed by atoms with Gasteiger partial charge in [-0.05, 0) is 0 Å². The molecule has 140 valence electrons. The highest BCUT2D eigenvalue weighted by Crippen LogP contribution is 2.07. The average molecular weight is 352 g/mol. The quantitative estimate of drug-likeness (QED) is 0.504. The van der Waals surface area contributed by atoms with Gasteiger partial charge in [-0.15, -0.1) is 0 Å². The highest BCUT2D eigenvalue weighted by Gasteiger charge is 2.21. The van der Waals surface area contributed by atoms with Crippen LogP contribution in [0.3, 0.4) is 0 Å². The monoisotopic (exact) mass is 352 g/mol. The van der Waals surface area contributed by atoms with Crippen LogP contribution in [0.1, 0.15) is 0 Å². The van der Waals surface area contributed by atoms with E-state index in [1.807, 2.05) is 4.90 Å². The fraction of sp³-hybridized carbons (Fsp3) is 0.750. The van der Waals surface area contributed by atoms with Crippen LogP contribution in [-0.2, 0) is 14.2 Å². The van der Waals surface area contributed by atoms with Crippen LogP contribution < -0.4 is 5.32 Å². The van der Waals surface area contributed by atoms with Gasteiger partial charge in [0.15, 0.2) is 0 Å². The zero-order chi connectivity index (χ0) is 17.5. The van der Waals surface area contributed by atoms with Gasteiger partial charge in [-0.2, -0.15) is 4.99 Å². The van der Waals surface area contributed by atoms with Crippen molar-refractivity contribution in [1.29, 1.82) is 5.41 Å². The first-order valence-electron chi connectivity index (χ1n) is 8.85. The predicted molar refractivity (Wildman–Crippen MR) is 94.6 cm³/mol. The van der Waals surface area contributed by atoms with Crippen LogP contribution in [-0.4, -0.2) is 106 Å². The van der Waals surface area contributed by atoms with Crippen molar-refractivity contribution in [3.8, 4) is 0 Å². The molecule has 3 aliphatic rings. The zero-order valence-corrected chi connectivity index (χ0v) is 14.7. The number of rotatable bonds is 2. The third kappa shape index (κ3) is 5.07. The molecule has 3 saturated heterocycles. The topological polar surface area (TPSA) is 85.7 Å². The van der Waals surface area contributed by atoms with E-state index < -0.39 is 0 Å². The van der Waals surface area contributed by atoms with Gasteiger partial charge in [0.2, 0.25) is 11.9 Å². The van der Waals surface area contributed by atoms with Crippen LogP contribution in [0.5, 0.6) is 0 Å². The van der Waals surface area contributed by atoms with Gasteiger partial charge in [0.1, 0.15) is 5.82 Å². The molecular weight excluding hydrogens is 324 g/mol. The molecule has 0 aromatic heterocycles. The van der Waals surface area contributed by atoms with Gasteiger partial charge >= 0.3 is 0 Å². The Hall–Kier alpha value is -1.84. The number of morpholine rings is 3. The third-order valence-corrected chi connectivity index (χ3v) is 4.48. The molecular formula is C16H28N6O3. The second-order valence-electron chi connectivity index (χ2n) is 6.13. The van der Waals surface area contributed by atoms with E-state index in [9.17, 15) is 0 Å². The molecule has 3 aliphatic heterocycles. The van der Waals surface area contributed by atoms with Crippen LogP contribution in [0.4, 0.5) is 0 Å². The molecule has 3 heterocycles. The number of hydrogen-bond acceptors (Lipinski definition) is 5. The second-order valence-corrected chi connectivity index (χ2v) is 6.13. The van der Waals surface area contributed by atoms with Gasteiger partial charge in [0.05, 0.1) is 39.6 Å². The Labute approximate surface area is 148 Å². The molecule has 0 aliphatic carbocycles. The maximum Gasteiger partial charge on any atom is 0.221 e. The second kappa shape index (κ2) is 9.02. The van der Waals surface area contributed by atoms with Crippen molar-refractivity contribution in [3.63, 3.8) is 0 Å². The summed E-state index contributed by atoms with van der Waals surface area (Å²) in [5.74, 6) is 1.71. The average Bonchev–Trinajstić information content (AvgIpc) is 2.69. The summed E-state index contributed by atoms with van der Waals surface area (Å²) < 4.78 is 16.2. The minimum Gasteiger partial charge on any atom is -0.378 e. The Morgan fingerprint density at radius 3 is 1.72 bits per heavy atom. The number of nitrogens with one attached hydrogen (secondary N) is 2. The highest BCUT2D eigenvalue weighted by atomic mass is 16.5. The van der Waals surface area contributed by atoms with Gasteiger partial charge in [-0.3, -0.25) is 5.41 Å². The van der Waals surface area contributed by atoms with Crippen LogP contribution in [0.25, 0.3) is 0 Å². The van der Waals surface area contributed by atoms with Crippen molar-refractivity contribution in [2.45, 2.75) is 0 Å². The van der Waals surface area contributed by atoms with Gasteiger partial charge in [0.25, 0.3) is 0 Å². The smallest absolute Gasteiger partial charge is 0.221 e. The van der Waals surface area contributed by atoms with Gasteiger partial charge in [0, 0.05) is 39.3 Å². The van der Waals surface area contributed by atoms with Crippen LogP contribution in [0.2, 0.25) is 0 Å². The highest BCUT2D eigenvalue weighted by molar-refractivity contribution is 5.94. The van der Waals surface area contributed by atoms with E-state index in [4.69, 9.17) is 19.6 Å². The van der Waals surface area contributed by atoms with Crippen molar-refractivity contribution in [2.24, 2.45) is 4.99 Å². The first kappa shape index (κ1) is 18.0. The maximum atomic E-state index is 8.34. The standard InChI is InChI=1S/C16H28N6O3/c1-14(20-2-8-23-9-3-20)18-16(22-6-12-25-13-7-22)19-15(17)21-4-10-24-11-5-21/h1-13H2,(H2,17,18,19). The molecule has 0 radical (unpaired) electrons. The number of hydrogen-bond donors (Lipinski definition) is 2. The Morgan fingerprint density at radius 1 is 0.760 bits per heavy atom. The molecule has 3 rings (SSSR count). The van der Waals surface area contributed by atoms with Crippen LogP contribution >= 0.6 is 0 Å². The predicted octanol–water partition coefficient (Wildman–Crippen LogP) is -0.665. The fourth-order valence-electron chi connectivity index (χ4n) is 2.94. The van der Waals surface area contributed by atoms with Crippen LogP contribution in [0, 0.1) is 5.41 Å². The molecule has 25 heavy (non-hydrogen) atoms. The van der Waals surface area contributed by atoms with E-state index in [1.165, 1.54) is 0 Å². The normalized spacial score (nSPS) is 22.7. The Morgan fingerprint density at radius 2 is 1.20 bits per heavy atom. The minimum absolute atomic E-state index is 0.257. The zero-order valence-electron chi connectivity index (χ0n) is 14.7. The van der Waals surface area contributed by atoms with E-state index >= 15 is 0 Å². The number of guanidine groups is 2. The molecule has 0 amide bonds. The molecule has 3 fully saturated rings. The summed E-state index contributed by atoms with van der Waals surface area (Å²) in [6, 6.07) is 0. The lowest BCUT2D eigenvalue weighted by Crippen LogP contribution is -2.51. The summed E-state index contributed by atoms with van der Waals surface area (Å²) in [4.78, 5) is 10.8. The van der Waals surface area contributed by atoms with Crippen LogP contribution in [0.15, 0.2) is 17.4 Å². The molecule has 0 bridgehead atoms. The maximum absolute atomic E-state index is 8.34. The summed E-state index contributed by atoms with van der Waals surface area (Å²) in [6.07, 6.45) is 0. The van der Waals surface area contributed by atoms with Crippen molar-refractivity contribution in [2.75, 3.05) is 78.9 Å². The first-order chi connectivity index (χ1) is 12.2. The van der Waals surface area contributed by atoms with Gasteiger partial charge in [-0.25, -0.2) is 0 Å². The summed E-state index contributed by atoms with van der Waals surface area (Å²) in [7, 11) is 0. The molecule has 0 spiro atoms. The van der Waals surface area contributed by atoms with Gasteiger partial charge < -0.3 is 34.2 Å². The number of nitrogens with zero attached hydrogens (tertiary/aromatic N) is 4. The summed E-state index contributed by atoms with van der Waals surface area (Å²) in [5.41, 5.74) is 0. The minimum atomic E-state index is 0.257. The Bertz CT molecular complexity index is 494. The Kier molecular flexibility index (Phi) is 6.48. The van der Waals surface area contributed by atoms with E-state index in [0.29, 0.717) is 58.7 Å². The lowest BCUT2D eigenvalue weighted by Gasteiger charge is -2.35. The number of aliphatic imine (C=N–C) groups is 1. The van der Waals surface area contributed by atoms with Crippen molar-refractivity contribution >= 4 is 11.9 Å². The lowest BCUT2D eigenvalue weighted by atomic mass is 10.4. The third-order valence-electron chi connectivity index (χ3n) is 4.48. The molecule has 2 N–H and O–H groups in total. The van der Waals surface area contributed by atoms with E-state index in [2.05, 4.69) is 26.7 Å². The van der Waals surface area contributed by atoms with E-state index in [1.54, 1.807) is 0 Å². The lowest BCUT2D eigenvalue weighted by molar-refractivity contribution is 0.0503. The molecule has 0 unspecified atom stereocenters. The summed E-state index contributed by atoms with van der Waals surface area (Å²) in [6.45, 7) is 12.7.